The number of hydrogen-bond acceptors (Lipinski definition) is 23. The van der Waals surface area contributed by atoms with Gasteiger partial charge in [-0.1, -0.05) is 82.8 Å². The molecule has 0 unspecified atom stereocenters. The van der Waals surface area contributed by atoms with Gasteiger partial charge in [0.25, 0.3) is 0 Å². The highest BCUT2D eigenvalue weighted by Crippen LogP contribution is 2.15. The van der Waals surface area contributed by atoms with Crippen LogP contribution in [0.5, 0.6) is 0 Å². The van der Waals surface area contributed by atoms with Crippen molar-refractivity contribution < 1.29 is 91.8 Å². The number of unbranched alkanes of at least 4 members (excludes halogenated alkanes) is 13. The molecule has 18 N–H and O–H groups in total. The predicted octanol–water partition coefficient (Wildman–Crippen LogP) is -3.62. The molecule has 0 aromatic carbocycles. The molecule has 34 heteroatoms. The zero-order valence-electron chi connectivity index (χ0n) is 54.0. The Labute approximate surface area is 543 Å². The fourth-order valence-corrected chi connectivity index (χ4v) is 8.99. The molecule has 10 amide bonds. The first-order valence-electron chi connectivity index (χ1n) is 32.3. The van der Waals surface area contributed by atoms with E-state index in [1.165, 1.54) is 64.7 Å². The third-order valence-electron chi connectivity index (χ3n) is 14.3. The summed E-state index contributed by atoms with van der Waals surface area (Å²) in [6, 6.07) is -9.50. The first-order valence-corrected chi connectivity index (χ1v) is 32.3. The lowest BCUT2D eigenvalue weighted by molar-refractivity contribution is -0.136. The molecule has 1 aromatic heterocycles. The van der Waals surface area contributed by atoms with Crippen LogP contribution in [0.1, 0.15) is 167 Å². The Morgan fingerprint density at radius 1 is 0.452 bits per heavy atom. The zero-order valence-corrected chi connectivity index (χ0v) is 54.0. The topological polar surface area (TPSA) is 531 Å². The van der Waals surface area contributed by atoms with Crippen LogP contribution in [0.3, 0.4) is 0 Å². The number of primary amides is 2. The van der Waals surface area contributed by atoms with E-state index in [4.69, 9.17) is 36.1 Å². The summed E-state index contributed by atoms with van der Waals surface area (Å²) >= 11 is 0. The van der Waals surface area contributed by atoms with Gasteiger partial charge in [-0.2, -0.15) is 5.21 Å². The van der Waals surface area contributed by atoms with Gasteiger partial charge in [-0.3, -0.25) is 57.5 Å². The maximum atomic E-state index is 13.6. The summed E-state index contributed by atoms with van der Waals surface area (Å²) < 4.78 is 21.5. The number of tetrazole rings is 1. The number of aromatic nitrogens is 4. The zero-order chi connectivity index (χ0) is 68.9. The van der Waals surface area contributed by atoms with E-state index in [2.05, 4.69) is 63.2 Å². The molecule has 0 bridgehead atoms. The molecular weight excluding hydrogens is 1220 g/mol. The van der Waals surface area contributed by atoms with Crippen LogP contribution in [-0.4, -0.2) is 235 Å². The molecule has 93 heavy (non-hydrogen) atoms. The molecular formula is C59H105N15O19. The molecule has 530 valence electrons. The Bertz CT molecular complexity index is 2340. The average molecular weight is 1330 g/mol. The molecule has 0 aliphatic heterocycles. The third-order valence-corrected chi connectivity index (χ3v) is 14.3. The number of nitrogens with zero attached hydrogens (tertiary/aromatic N) is 3. The van der Waals surface area contributed by atoms with Crippen molar-refractivity contribution in [1.82, 2.24) is 63.2 Å². The summed E-state index contributed by atoms with van der Waals surface area (Å²) in [5.74, 6) is -8.67. The van der Waals surface area contributed by atoms with Gasteiger partial charge in [0.2, 0.25) is 59.1 Å². The Hall–Kier alpha value is -7.21. The van der Waals surface area contributed by atoms with E-state index in [0.717, 1.165) is 37.9 Å². The van der Waals surface area contributed by atoms with Gasteiger partial charge >= 0.3 is 0 Å². The molecule has 0 aliphatic carbocycles. The molecule has 1 heterocycles. The van der Waals surface area contributed by atoms with Crippen molar-refractivity contribution in [2.45, 2.75) is 204 Å². The van der Waals surface area contributed by atoms with Crippen molar-refractivity contribution in [1.29, 1.82) is 0 Å². The van der Waals surface area contributed by atoms with Crippen molar-refractivity contribution in [2.75, 3.05) is 92.3 Å². The SMILES string of the molecule is CCC(=O)[C@H](CO)NC(=O)[C@H](CCC(N)=O)NC(=O)[C@@H](CCCCN)NC(=O)[C@H](CO)NC(=O)[C@H](CCC(N)=O)NC(=O)[C@@H](CO)NC(=O)CNC(=O)COCCOCCNC(=O)COCCOCCCC(=O)CCCCCCCCCCCCCCCc1nn[nH]n1. The van der Waals surface area contributed by atoms with E-state index in [1.807, 2.05) is 0 Å². The van der Waals surface area contributed by atoms with Crippen LogP contribution in [-0.2, 0) is 82.9 Å². The number of hydrogen-bond donors (Lipinski definition) is 15. The average Bonchev–Trinajstić information content (AvgIpc) is 1.97. The van der Waals surface area contributed by atoms with Crippen LogP contribution in [0.15, 0.2) is 0 Å². The Morgan fingerprint density at radius 3 is 1.37 bits per heavy atom. The number of nitrogens with one attached hydrogen (secondary N) is 9. The van der Waals surface area contributed by atoms with Crippen LogP contribution >= 0.6 is 0 Å². The summed E-state index contributed by atoms with van der Waals surface area (Å²) in [5, 5.41) is 62.4. The Kier molecular flexibility index (Phi) is 48.8. The summed E-state index contributed by atoms with van der Waals surface area (Å²) in [6.45, 7) is -1.32. The lowest BCUT2D eigenvalue weighted by atomic mass is 10.0. The fraction of sp³-hybridized carbons (Fsp3) is 0.780. The number of carbonyl (C=O) groups excluding carboxylic acids is 12. The number of aliphatic hydroxyl groups is 3. The number of ether oxygens (including phenoxy) is 4. The molecule has 34 nitrogen and oxygen atoms in total. The van der Waals surface area contributed by atoms with E-state index in [-0.39, 0.29) is 90.1 Å². The lowest BCUT2D eigenvalue weighted by Crippen LogP contribution is -2.60. The molecule has 6 atom stereocenters. The van der Waals surface area contributed by atoms with Crippen molar-refractivity contribution in [3.05, 3.63) is 5.82 Å². The number of Topliss-reactive ketones (excluding diaryl/α,β-unsaturated/α-hetero) is 2. The van der Waals surface area contributed by atoms with E-state index in [0.29, 0.717) is 32.3 Å². The minimum absolute atomic E-state index is 0.0333. The number of H-pyrrole nitrogens is 1. The molecule has 0 spiro atoms. The quantitative estimate of drug-likeness (QED) is 0.0280. The number of aliphatic hydroxyl groups excluding tert-OH is 3. The van der Waals surface area contributed by atoms with Crippen molar-refractivity contribution >= 4 is 70.6 Å². The Balaban J connectivity index is 2.36. The number of ketones is 2. The van der Waals surface area contributed by atoms with E-state index >= 15 is 0 Å². The van der Waals surface area contributed by atoms with Crippen LogP contribution < -0.4 is 59.7 Å². The number of aromatic amines is 1. The summed E-state index contributed by atoms with van der Waals surface area (Å²) in [6.07, 6.45) is 16.9. The van der Waals surface area contributed by atoms with Gasteiger partial charge in [0.15, 0.2) is 11.6 Å². The van der Waals surface area contributed by atoms with Crippen LogP contribution in [0, 0.1) is 0 Å². The summed E-state index contributed by atoms with van der Waals surface area (Å²) in [4.78, 5) is 152. The highest BCUT2D eigenvalue weighted by Gasteiger charge is 2.33. The van der Waals surface area contributed by atoms with Crippen LogP contribution in [0.2, 0.25) is 0 Å². The second-order valence-corrected chi connectivity index (χ2v) is 22.1. The summed E-state index contributed by atoms with van der Waals surface area (Å²) in [5.41, 5.74) is 16.2. The molecule has 0 saturated carbocycles. The number of aryl methyl sites for hydroxylation is 1. The van der Waals surface area contributed by atoms with Crippen molar-refractivity contribution in [3.63, 3.8) is 0 Å². The van der Waals surface area contributed by atoms with E-state index in [9.17, 15) is 72.9 Å². The minimum atomic E-state index is -1.82. The van der Waals surface area contributed by atoms with Crippen molar-refractivity contribution in [3.8, 4) is 0 Å². The number of nitrogens with two attached hydrogens (primary N) is 3. The highest BCUT2D eigenvalue weighted by molar-refractivity contribution is 5.98. The van der Waals surface area contributed by atoms with Gasteiger partial charge in [0.05, 0.1) is 59.4 Å². The standard InChI is InChI=1S/C59H105N15O19/c1-2-48(79)45(36-75)69-56(86)43(23-25-49(61)80)67-55(85)42(21-16-17-27-60)66-59(89)47(38-77)70-57(87)44(24-26-50(62)81)68-58(88)46(37-76)65-52(82)35-64-54(84)40-93-34-32-91-30-28-63-53(83)39-92-33-31-90-29-18-20-41(78)19-14-12-10-8-6-4-3-5-7-9-11-13-15-22-51-71-73-74-72-51/h42-47,75-77H,2-40,60H2,1H3,(H2,61,80)(H2,62,81)(H,63,83)(H,64,84)(H,65,82)(H,66,89)(H,67,85)(H,68,88)(H,69,86)(H,70,87)(H,71,72,73,74)/t42-,43+,44+,45+,46-,47+/m1/s1. The maximum Gasteiger partial charge on any atom is 0.246 e. The molecule has 1 rings (SSSR count). The van der Waals surface area contributed by atoms with Crippen LogP contribution in [0.25, 0.3) is 0 Å². The van der Waals surface area contributed by atoms with Gasteiger partial charge in [-0.05, 0) is 57.9 Å². The van der Waals surface area contributed by atoms with Gasteiger partial charge < -0.3 is 94.0 Å². The third kappa shape index (κ3) is 43.3. The molecule has 0 aliphatic rings. The monoisotopic (exact) mass is 1330 g/mol. The fourth-order valence-electron chi connectivity index (χ4n) is 8.99. The van der Waals surface area contributed by atoms with Gasteiger partial charge in [0.1, 0.15) is 55.2 Å². The summed E-state index contributed by atoms with van der Waals surface area (Å²) in [7, 11) is 0. The molecule has 0 radical (unpaired) electrons. The molecule has 1 aromatic rings. The smallest absolute Gasteiger partial charge is 0.246 e. The molecule has 0 fully saturated rings. The van der Waals surface area contributed by atoms with Gasteiger partial charge in [-0.15, -0.1) is 10.2 Å². The van der Waals surface area contributed by atoms with E-state index in [1.54, 1.807) is 0 Å². The lowest BCUT2D eigenvalue weighted by Gasteiger charge is -2.27. The van der Waals surface area contributed by atoms with Crippen molar-refractivity contribution in [2.24, 2.45) is 17.2 Å². The highest BCUT2D eigenvalue weighted by atomic mass is 16.5. The predicted molar refractivity (Wildman–Crippen MR) is 334 cm³/mol. The Morgan fingerprint density at radius 2 is 0.882 bits per heavy atom. The maximum absolute atomic E-state index is 13.6. The largest absolute Gasteiger partial charge is 0.394 e. The number of carbonyl (C=O) groups is 12. The van der Waals surface area contributed by atoms with Gasteiger partial charge in [0, 0.05) is 51.7 Å². The second kappa shape index (κ2) is 54.2. The first kappa shape index (κ1) is 83.8. The molecule has 0 saturated heterocycles. The first-order chi connectivity index (χ1) is 44.8. The second-order valence-electron chi connectivity index (χ2n) is 22.1. The van der Waals surface area contributed by atoms with E-state index < -0.39 is 147 Å². The van der Waals surface area contributed by atoms with Crippen LogP contribution in [0.4, 0.5) is 0 Å². The minimum Gasteiger partial charge on any atom is -0.394 e. The number of amides is 10. The normalized spacial score (nSPS) is 13.0. The number of rotatable bonds is 61. The van der Waals surface area contributed by atoms with Gasteiger partial charge in [-0.25, -0.2) is 0 Å².